The third-order valence-electron chi connectivity index (χ3n) is 4.70. The number of aliphatic hydroxyl groups excluding tert-OH is 1. The first-order valence-corrected chi connectivity index (χ1v) is 8.97. The van der Waals surface area contributed by atoms with E-state index in [9.17, 15) is 10.4 Å². The molecule has 142 valence electrons. The molecular formula is C23H18N4O2. The molecule has 0 saturated carbocycles. The summed E-state index contributed by atoms with van der Waals surface area (Å²) in [6.07, 6.45) is 5.44. The van der Waals surface area contributed by atoms with Crippen molar-refractivity contribution in [3.05, 3.63) is 76.4 Å². The number of nitrogens with zero attached hydrogens (tertiary/aromatic N) is 4. The fraction of sp³-hybridized carbons (Fsp3) is 0.217. The van der Waals surface area contributed by atoms with Crippen molar-refractivity contribution in [1.29, 1.82) is 15.8 Å². The van der Waals surface area contributed by atoms with E-state index in [0.717, 1.165) is 16.8 Å². The predicted octanol–water partition coefficient (Wildman–Crippen LogP) is 3.48. The van der Waals surface area contributed by atoms with E-state index >= 15 is 0 Å². The van der Waals surface area contributed by atoms with Crippen molar-refractivity contribution in [3.63, 3.8) is 0 Å². The summed E-state index contributed by atoms with van der Waals surface area (Å²) >= 11 is 0. The number of aliphatic hydroxyl groups is 1. The molecule has 2 aliphatic rings. The van der Waals surface area contributed by atoms with Crippen molar-refractivity contribution >= 4 is 11.3 Å². The van der Waals surface area contributed by atoms with E-state index in [2.05, 4.69) is 11.8 Å². The molecule has 6 nitrogen and oxygen atoms in total. The van der Waals surface area contributed by atoms with E-state index in [0.29, 0.717) is 12.1 Å². The summed E-state index contributed by atoms with van der Waals surface area (Å²) in [5.74, 6) is 0.00857. The maximum absolute atomic E-state index is 9.63. The number of hydrogen-bond acceptors (Lipinski definition) is 6. The largest absolute Gasteiger partial charge is 0.480 e. The lowest BCUT2D eigenvalue weighted by Gasteiger charge is -2.26. The van der Waals surface area contributed by atoms with Crippen LogP contribution in [0.15, 0.2) is 70.8 Å². The number of nitriles is 3. The first-order chi connectivity index (χ1) is 14.0. The van der Waals surface area contributed by atoms with Gasteiger partial charge in [0.2, 0.25) is 0 Å². The number of ether oxygens (including phenoxy) is 1. The van der Waals surface area contributed by atoms with E-state index in [4.69, 9.17) is 15.3 Å². The van der Waals surface area contributed by atoms with E-state index < -0.39 is 5.60 Å². The number of β-amino-alcohol motifs (C(OH)–C–C–N with tert-alkyl or cyclic N) is 1. The second-order valence-corrected chi connectivity index (χ2v) is 6.89. The lowest BCUT2D eigenvalue weighted by atomic mass is 9.94. The fourth-order valence-electron chi connectivity index (χ4n) is 3.31. The average Bonchev–Trinajstić information content (AvgIpc) is 2.98. The van der Waals surface area contributed by atoms with Crippen molar-refractivity contribution in [2.24, 2.45) is 0 Å². The topological polar surface area (TPSA) is 104 Å². The molecule has 0 atom stereocenters. The summed E-state index contributed by atoms with van der Waals surface area (Å²) in [4.78, 5) is 1.95. The third-order valence-corrected chi connectivity index (χ3v) is 4.70. The van der Waals surface area contributed by atoms with Crippen LogP contribution in [-0.2, 0) is 4.74 Å². The maximum atomic E-state index is 9.63. The van der Waals surface area contributed by atoms with Crippen LogP contribution in [0.5, 0.6) is 0 Å². The zero-order chi connectivity index (χ0) is 21.0. The quantitative estimate of drug-likeness (QED) is 0.634. The lowest BCUT2D eigenvalue weighted by molar-refractivity contribution is 0.0954. The molecule has 2 aliphatic heterocycles. The highest BCUT2D eigenvalue weighted by molar-refractivity contribution is 5.86. The van der Waals surface area contributed by atoms with Crippen molar-refractivity contribution in [2.75, 3.05) is 18.1 Å². The van der Waals surface area contributed by atoms with Crippen LogP contribution in [0.25, 0.3) is 5.57 Å². The summed E-state index contributed by atoms with van der Waals surface area (Å²) in [6.45, 7) is 4.06. The number of allylic oxidation sites excluding steroid dienone is 3. The minimum absolute atomic E-state index is 0.00857. The van der Waals surface area contributed by atoms with Crippen molar-refractivity contribution in [3.8, 4) is 18.2 Å². The molecule has 1 aromatic rings. The lowest BCUT2D eigenvalue weighted by Crippen LogP contribution is -2.23. The molecule has 0 aliphatic carbocycles. The van der Waals surface area contributed by atoms with Crippen LogP contribution in [-0.4, -0.2) is 23.9 Å². The summed E-state index contributed by atoms with van der Waals surface area (Å²) in [6, 6.07) is 13.4. The monoisotopic (exact) mass is 382 g/mol. The Morgan fingerprint density at radius 1 is 1.21 bits per heavy atom. The Morgan fingerprint density at radius 3 is 2.59 bits per heavy atom. The van der Waals surface area contributed by atoms with Gasteiger partial charge in [0.05, 0.1) is 6.61 Å². The van der Waals surface area contributed by atoms with Gasteiger partial charge in [-0.15, -0.1) is 5.73 Å². The zero-order valence-corrected chi connectivity index (χ0v) is 16.1. The normalized spacial score (nSPS) is 16.2. The smallest absolute Gasteiger partial charge is 0.172 e. The number of hydrogen-bond donors (Lipinski definition) is 1. The number of benzene rings is 1. The van der Waals surface area contributed by atoms with Crippen molar-refractivity contribution in [1.82, 2.24) is 0 Å². The number of rotatable bonds is 3. The maximum Gasteiger partial charge on any atom is 0.172 e. The van der Waals surface area contributed by atoms with Crippen LogP contribution in [0.4, 0.5) is 5.69 Å². The molecule has 0 saturated heterocycles. The van der Waals surface area contributed by atoms with Gasteiger partial charge in [-0.05, 0) is 32.1 Å². The molecule has 29 heavy (non-hydrogen) atoms. The van der Waals surface area contributed by atoms with Gasteiger partial charge in [0.25, 0.3) is 0 Å². The summed E-state index contributed by atoms with van der Waals surface area (Å²) in [7, 11) is 0. The molecule has 0 radical (unpaired) electrons. The van der Waals surface area contributed by atoms with E-state index in [1.807, 2.05) is 41.4 Å². The highest BCUT2D eigenvalue weighted by Crippen LogP contribution is 2.40. The Labute approximate surface area is 169 Å². The molecule has 6 heteroatoms. The molecule has 0 unspecified atom stereocenters. The average molecular weight is 382 g/mol. The molecule has 3 rings (SSSR count). The highest BCUT2D eigenvalue weighted by atomic mass is 16.5. The van der Waals surface area contributed by atoms with Crippen molar-refractivity contribution < 1.29 is 9.84 Å². The Kier molecular flexibility index (Phi) is 5.40. The van der Waals surface area contributed by atoms with Gasteiger partial charge in [0, 0.05) is 35.1 Å². The number of para-hydroxylation sites is 1. The molecule has 0 bridgehead atoms. The Hall–Kier alpha value is -4.01. The number of anilines is 1. The van der Waals surface area contributed by atoms with Gasteiger partial charge in [-0.1, -0.05) is 18.2 Å². The minimum atomic E-state index is -0.881. The van der Waals surface area contributed by atoms with Crippen molar-refractivity contribution in [2.45, 2.75) is 19.4 Å². The molecule has 2 heterocycles. The molecule has 0 fully saturated rings. The van der Waals surface area contributed by atoms with Gasteiger partial charge >= 0.3 is 0 Å². The molecule has 0 spiro atoms. The minimum Gasteiger partial charge on any atom is -0.480 e. The summed E-state index contributed by atoms with van der Waals surface area (Å²) in [5, 5.41) is 37.2. The second-order valence-electron chi connectivity index (χ2n) is 6.89. The highest BCUT2D eigenvalue weighted by Gasteiger charge is 2.38. The van der Waals surface area contributed by atoms with E-state index in [1.54, 1.807) is 32.1 Å². The Balaban J connectivity index is 2.17. The Bertz CT molecular complexity index is 1120. The van der Waals surface area contributed by atoms with Gasteiger partial charge < -0.3 is 14.7 Å². The molecule has 0 aromatic heterocycles. The standard InChI is InChI=1S/C23H18N4O2/c1-23(2)20(19(15-26)22(29-23)17(13-24)14-25)8-7-16-9-10-27(11-12-28)21-6-4-3-5-18(16)21/h3-6,8-10,28H,11-12H2,1-2H3. The van der Waals surface area contributed by atoms with Crippen LogP contribution in [0, 0.1) is 34.0 Å². The van der Waals surface area contributed by atoms with Gasteiger partial charge in [-0.3, -0.25) is 0 Å². The summed E-state index contributed by atoms with van der Waals surface area (Å²) in [5.41, 5.74) is 5.55. The van der Waals surface area contributed by atoms with E-state index in [-0.39, 0.29) is 23.5 Å². The van der Waals surface area contributed by atoms with Crippen LogP contribution < -0.4 is 4.90 Å². The van der Waals surface area contributed by atoms with Crippen LogP contribution in [0.1, 0.15) is 19.4 Å². The van der Waals surface area contributed by atoms with Crippen LogP contribution in [0.3, 0.4) is 0 Å². The Morgan fingerprint density at radius 2 is 1.93 bits per heavy atom. The zero-order valence-electron chi connectivity index (χ0n) is 16.1. The SMILES string of the molecule is CC1(C)OC(=C(C#N)C#N)C(C#N)=C1C=C=C1C=CN(CCO)c2ccccc21. The van der Waals surface area contributed by atoms with Crippen LogP contribution in [0.2, 0.25) is 0 Å². The molecule has 1 N–H and O–H groups in total. The third kappa shape index (κ3) is 3.57. The molecular weight excluding hydrogens is 364 g/mol. The van der Waals surface area contributed by atoms with Crippen LogP contribution >= 0.6 is 0 Å². The predicted molar refractivity (Wildman–Crippen MR) is 108 cm³/mol. The number of fused-ring (bicyclic) bond motifs is 1. The van der Waals surface area contributed by atoms with E-state index in [1.165, 1.54) is 0 Å². The first kappa shape index (κ1) is 19.7. The van der Waals surface area contributed by atoms with Gasteiger partial charge in [0.1, 0.15) is 29.4 Å². The fourth-order valence-corrected chi connectivity index (χ4v) is 3.31. The van der Waals surface area contributed by atoms with Gasteiger partial charge in [-0.25, -0.2) is 0 Å². The molecule has 0 amide bonds. The first-order valence-electron chi connectivity index (χ1n) is 8.97. The van der Waals surface area contributed by atoms with Gasteiger partial charge in [0.15, 0.2) is 11.3 Å². The van der Waals surface area contributed by atoms with Gasteiger partial charge in [-0.2, -0.15) is 15.8 Å². The molecule has 1 aromatic carbocycles. The summed E-state index contributed by atoms with van der Waals surface area (Å²) < 4.78 is 5.77. The second kappa shape index (κ2) is 7.93.